The standard InChI is InChI=1S/C14H18O5/c1-14(2)18-9-12(19-14)8-17-11-6-4-5-10(7-11)13(15)16-3/h4-7,12H,8-9H2,1-3H3/t12-/m1/s1. The average Bonchev–Trinajstić information content (AvgIpc) is 2.75. The second-order valence-corrected chi connectivity index (χ2v) is 4.78. The molecule has 2 rings (SSSR count). The summed E-state index contributed by atoms with van der Waals surface area (Å²) < 4.78 is 21.3. The lowest BCUT2D eigenvalue weighted by molar-refractivity contribution is -0.141. The van der Waals surface area contributed by atoms with Crippen LogP contribution in [0.25, 0.3) is 0 Å². The van der Waals surface area contributed by atoms with Crippen molar-refractivity contribution in [2.75, 3.05) is 20.3 Å². The second kappa shape index (κ2) is 5.59. The fourth-order valence-electron chi connectivity index (χ4n) is 1.87. The maximum absolute atomic E-state index is 11.4. The topological polar surface area (TPSA) is 54.0 Å². The summed E-state index contributed by atoms with van der Waals surface area (Å²) in [6, 6.07) is 6.86. The first-order valence-corrected chi connectivity index (χ1v) is 6.13. The van der Waals surface area contributed by atoms with Gasteiger partial charge in [0, 0.05) is 0 Å². The van der Waals surface area contributed by atoms with E-state index < -0.39 is 5.79 Å². The molecule has 1 heterocycles. The number of ether oxygens (including phenoxy) is 4. The molecule has 0 spiro atoms. The Bertz CT molecular complexity index is 455. The van der Waals surface area contributed by atoms with E-state index >= 15 is 0 Å². The lowest BCUT2D eigenvalue weighted by Gasteiger charge is -2.17. The van der Waals surface area contributed by atoms with Gasteiger partial charge in [-0.1, -0.05) is 6.07 Å². The predicted molar refractivity (Wildman–Crippen MR) is 68.2 cm³/mol. The van der Waals surface area contributed by atoms with Crippen LogP contribution in [0.2, 0.25) is 0 Å². The van der Waals surface area contributed by atoms with Gasteiger partial charge in [-0.2, -0.15) is 0 Å². The quantitative estimate of drug-likeness (QED) is 0.780. The van der Waals surface area contributed by atoms with Gasteiger partial charge in [-0.3, -0.25) is 0 Å². The van der Waals surface area contributed by atoms with E-state index in [4.69, 9.17) is 14.2 Å². The van der Waals surface area contributed by atoms with E-state index in [-0.39, 0.29) is 12.1 Å². The molecule has 5 heteroatoms. The zero-order chi connectivity index (χ0) is 13.9. The zero-order valence-corrected chi connectivity index (χ0v) is 11.3. The van der Waals surface area contributed by atoms with Crippen molar-refractivity contribution in [3.05, 3.63) is 29.8 Å². The molecule has 0 bridgehead atoms. The molecule has 0 amide bonds. The first-order valence-electron chi connectivity index (χ1n) is 6.13. The monoisotopic (exact) mass is 266 g/mol. The Kier molecular flexibility index (Phi) is 4.07. The molecular weight excluding hydrogens is 248 g/mol. The lowest BCUT2D eigenvalue weighted by atomic mass is 10.2. The summed E-state index contributed by atoms with van der Waals surface area (Å²) in [6.07, 6.45) is -0.100. The minimum Gasteiger partial charge on any atom is -0.491 e. The Hall–Kier alpha value is -1.59. The van der Waals surface area contributed by atoms with Crippen LogP contribution in [-0.2, 0) is 14.2 Å². The molecule has 1 saturated heterocycles. The molecule has 1 aliphatic heterocycles. The Morgan fingerprint density at radius 1 is 1.47 bits per heavy atom. The van der Waals surface area contributed by atoms with Crippen molar-refractivity contribution in [2.24, 2.45) is 0 Å². The highest BCUT2D eigenvalue weighted by Gasteiger charge is 2.32. The maximum atomic E-state index is 11.4. The summed E-state index contributed by atoms with van der Waals surface area (Å²) in [5.74, 6) is -0.328. The molecule has 0 unspecified atom stereocenters. The zero-order valence-electron chi connectivity index (χ0n) is 11.3. The largest absolute Gasteiger partial charge is 0.491 e. The van der Waals surface area contributed by atoms with Crippen LogP contribution >= 0.6 is 0 Å². The van der Waals surface area contributed by atoms with Crippen LogP contribution in [0.3, 0.4) is 0 Å². The van der Waals surface area contributed by atoms with Gasteiger partial charge in [-0.05, 0) is 32.0 Å². The Balaban J connectivity index is 1.91. The summed E-state index contributed by atoms with van der Waals surface area (Å²) in [5, 5.41) is 0. The van der Waals surface area contributed by atoms with E-state index in [0.717, 1.165) is 0 Å². The van der Waals surface area contributed by atoms with Crippen molar-refractivity contribution < 1.29 is 23.7 Å². The van der Waals surface area contributed by atoms with Gasteiger partial charge in [0.05, 0.1) is 19.3 Å². The minimum atomic E-state index is -0.554. The van der Waals surface area contributed by atoms with Crippen LogP contribution in [0.1, 0.15) is 24.2 Å². The number of rotatable bonds is 4. The molecule has 1 aliphatic rings. The first kappa shape index (κ1) is 13.8. The summed E-state index contributed by atoms with van der Waals surface area (Å²) in [4.78, 5) is 11.4. The third-order valence-corrected chi connectivity index (χ3v) is 2.76. The van der Waals surface area contributed by atoms with Crippen LogP contribution in [0.15, 0.2) is 24.3 Å². The summed E-state index contributed by atoms with van der Waals surface area (Å²) in [7, 11) is 1.35. The highest BCUT2D eigenvalue weighted by molar-refractivity contribution is 5.89. The van der Waals surface area contributed by atoms with Crippen LogP contribution in [0, 0.1) is 0 Å². The number of carbonyl (C=O) groups excluding carboxylic acids is 1. The van der Waals surface area contributed by atoms with Crippen LogP contribution in [0.4, 0.5) is 0 Å². The summed E-state index contributed by atoms with van der Waals surface area (Å²) in [6.45, 7) is 4.62. The summed E-state index contributed by atoms with van der Waals surface area (Å²) >= 11 is 0. The molecule has 0 aliphatic carbocycles. The van der Waals surface area contributed by atoms with Crippen molar-refractivity contribution >= 4 is 5.97 Å². The number of carbonyl (C=O) groups is 1. The molecule has 19 heavy (non-hydrogen) atoms. The van der Waals surface area contributed by atoms with E-state index in [1.165, 1.54) is 7.11 Å². The normalized spacial score (nSPS) is 21.1. The molecule has 1 aromatic carbocycles. The molecule has 104 valence electrons. The first-order chi connectivity index (χ1) is 9.00. The van der Waals surface area contributed by atoms with Crippen molar-refractivity contribution in [1.29, 1.82) is 0 Å². The molecule has 1 aromatic rings. The molecule has 0 saturated carbocycles. The number of esters is 1. The van der Waals surface area contributed by atoms with Crippen LogP contribution in [-0.4, -0.2) is 38.2 Å². The predicted octanol–water partition coefficient (Wildman–Crippen LogP) is 2.00. The number of methoxy groups -OCH3 is 1. The van der Waals surface area contributed by atoms with Gasteiger partial charge in [0.1, 0.15) is 18.5 Å². The van der Waals surface area contributed by atoms with Crippen LogP contribution in [0.5, 0.6) is 5.75 Å². The van der Waals surface area contributed by atoms with Crippen molar-refractivity contribution in [2.45, 2.75) is 25.7 Å². The van der Waals surface area contributed by atoms with Gasteiger partial charge in [0.15, 0.2) is 5.79 Å². The Morgan fingerprint density at radius 2 is 2.26 bits per heavy atom. The van der Waals surface area contributed by atoms with Crippen molar-refractivity contribution in [3.8, 4) is 5.75 Å². The highest BCUT2D eigenvalue weighted by atomic mass is 16.7. The Morgan fingerprint density at radius 3 is 2.89 bits per heavy atom. The second-order valence-electron chi connectivity index (χ2n) is 4.78. The fourth-order valence-corrected chi connectivity index (χ4v) is 1.87. The van der Waals surface area contributed by atoms with Gasteiger partial charge in [0.25, 0.3) is 0 Å². The van der Waals surface area contributed by atoms with E-state index in [2.05, 4.69) is 4.74 Å². The Labute approximate surface area is 112 Å². The van der Waals surface area contributed by atoms with E-state index in [1.54, 1.807) is 24.3 Å². The molecule has 1 atom stereocenters. The number of benzene rings is 1. The van der Waals surface area contributed by atoms with Crippen molar-refractivity contribution in [3.63, 3.8) is 0 Å². The average molecular weight is 266 g/mol. The van der Waals surface area contributed by atoms with Gasteiger partial charge in [0.2, 0.25) is 0 Å². The van der Waals surface area contributed by atoms with Gasteiger partial charge >= 0.3 is 5.97 Å². The van der Waals surface area contributed by atoms with Crippen molar-refractivity contribution in [1.82, 2.24) is 0 Å². The molecule has 5 nitrogen and oxygen atoms in total. The number of hydrogen-bond acceptors (Lipinski definition) is 5. The third kappa shape index (κ3) is 3.68. The molecule has 0 aromatic heterocycles. The SMILES string of the molecule is COC(=O)c1cccc(OC[C@@H]2COC(C)(C)O2)c1. The summed E-state index contributed by atoms with van der Waals surface area (Å²) in [5.41, 5.74) is 0.462. The van der Waals surface area contributed by atoms with E-state index in [1.807, 2.05) is 13.8 Å². The molecule has 0 N–H and O–H groups in total. The van der Waals surface area contributed by atoms with Gasteiger partial charge < -0.3 is 18.9 Å². The van der Waals surface area contributed by atoms with Gasteiger partial charge in [-0.25, -0.2) is 4.79 Å². The number of hydrogen-bond donors (Lipinski definition) is 0. The van der Waals surface area contributed by atoms with Gasteiger partial charge in [-0.15, -0.1) is 0 Å². The highest BCUT2D eigenvalue weighted by Crippen LogP contribution is 2.23. The lowest BCUT2D eigenvalue weighted by Crippen LogP contribution is -2.25. The molecule has 1 fully saturated rings. The molecular formula is C14H18O5. The maximum Gasteiger partial charge on any atom is 0.337 e. The van der Waals surface area contributed by atoms with Crippen LogP contribution < -0.4 is 4.74 Å². The third-order valence-electron chi connectivity index (χ3n) is 2.76. The van der Waals surface area contributed by atoms with E-state index in [9.17, 15) is 4.79 Å². The minimum absolute atomic E-state index is 0.100. The molecule has 0 radical (unpaired) electrons. The fraction of sp³-hybridized carbons (Fsp3) is 0.500. The smallest absolute Gasteiger partial charge is 0.337 e. The van der Waals surface area contributed by atoms with E-state index in [0.29, 0.717) is 24.5 Å².